The normalized spacial score (nSPS) is 20.6. The molecule has 0 bridgehead atoms. The second-order valence-electron chi connectivity index (χ2n) is 8.57. The van der Waals surface area contributed by atoms with Crippen molar-refractivity contribution >= 4 is 10.9 Å². The maximum Gasteiger partial charge on any atom is 0.0486 e. The molecule has 2 unspecified atom stereocenters. The predicted octanol–water partition coefficient (Wildman–Crippen LogP) is 5.15. The smallest absolute Gasteiger partial charge is 0.0486 e. The van der Waals surface area contributed by atoms with Crippen molar-refractivity contribution in [3.8, 4) is 0 Å². The van der Waals surface area contributed by atoms with Gasteiger partial charge in [0.1, 0.15) is 0 Å². The van der Waals surface area contributed by atoms with Gasteiger partial charge in [-0.05, 0) is 62.6 Å². The van der Waals surface area contributed by atoms with Crippen LogP contribution in [0.15, 0.2) is 36.5 Å². The van der Waals surface area contributed by atoms with Gasteiger partial charge in [0.2, 0.25) is 0 Å². The molecule has 0 radical (unpaired) electrons. The molecule has 0 aliphatic carbocycles. The standard InChI is InChI=1S/C24H29N3/c1-16-6-9-21-20(13-16)24-22-5-4-11-26(22)12-10-23(24)27(21)15-17(2)19-8-7-18(3)25-14-19/h6-9,13-14,17,22H,4-5,10-12,15H2,1-3H3. The van der Waals surface area contributed by atoms with Crippen LogP contribution in [0.2, 0.25) is 0 Å². The lowest BCUT2D eigenvalue weighted by molar-refractivity contribution is 0.241. The zero-order valence-corrected chi connectivity index (χ0v) is 16.7. The van der Waals surface area contributed by atoms with Gasteiger partial charge in [0.25, 0.3) is 0 Å². The number of fused-ring (bicyclic) bond motifs is 5. The Labute approximate surface area is 162 Å². The van der Waals surface area contributed by atoms with Crippen molar-refractivity contribution < 1.29 is 0 Å². The third kappa shape index (κ3) is 2.80. The molecule has 140 valence electrons. The topological polar surface area (TPSA) is 21.1 Å². The Hall–Kier alpha value is -2.13. The molecule has 0 amide bonds. The third-order valence-corrected chi connectivity index (χ3v) is 6.66. The summed E-state index contributed by atoms with van der Waals surface area (Å²) >= 11 is 0. The molecule has 0 spiro atoms. The average molecular weight is 360 g/mol. The highest BCUT2D eigenvalue weighted by Gasteiger charge is 2.35. The van der Waals surface area contributed by atoms with Crippen LogP contribution in [0.4, 0.5) is 0 Å². The number of rotatable bonds is 3. The van der Waals surface area contributed by atoms with Gasteiger partial charge in [0.05, 0.1) is 0 Å². The number of nitrogens with zero attached hydrogens (tertiary/aromatic N) is 3. The SMILES string of the molecule is Cc1ccc2c(c1)c1c(n2CC(C)c2ccc(C)nc2)CCN2CCCC12. The van der Waals surface area contributed by atoms with Gasteiger partial charge in [-0.15, -0.1) is 0 Å². The fourth-order valence-corrected chi connectivity index (χ4v) is 5.22. The van der Waals surface area contributed by atoms with Crippen molar-refractivity contribution in [3.63, 3.8) is 0 Å². The number of pyridine rings is 1. The summed E-state index contributed by atoms with van der Waals surface area (Å²) in [5.74, 6) is 0.459. The second kappa shape index (κ2) is 6.49. The highest BCUT2D eigenvalue weighted by atomic mass is 15.2. The summed E-state index contributed by atoms with van der Waals surface area (Å²) in [6.45, 7) is 10.1. The molecule has 0 saturated carbocycles. The molecule has 3 nitrogen and oxygen atoms in total. The maximum absolute atomic E-state index is 4.52. The van der Waals surface area contributed by atoms with Crippen molar-refractivity contribution in [2.75, 3.05) is 13.1 Å². The summed E-state index contributed by atoms with van der Waals surface area (Å²) in [6.07, 6.45) is 5.89. The Bertz CT molecular complexity index is 983. The fraction of sp³-hybridized carbons (Fsp3) is 0.458. The van der Waals surface area contributed by atoms with Crippen LogP contribution >= 0.6 is 0 Å². The van der Waals surface area contributed by atoms with Gasteiger partial charge in [-0.3, -0.25) is 9.88 Å². The first-order valence-corrected chi connectivity index (χ1v) is 10.4. The lowest BCUT2D eigenvalue weighted by Crippen LogP contribution is -2.31. The molecule has 2 aliphatic rings. The number of aromatic nitrogens is 2. The van der Waals surface area contributed by atoms with Crippen molar-refractivity contribution in [2.45, 2.75) is 58.5 Å². The van der Waals surface area contributed by atoms with Gasteiger partial charge in [0.15, 0.2) is 0 Å². The van der Waals surface area contributed by atoms with Crippen LogP contribution in [0, 0.1) is 13.8 Å². The number of aryl methyl sites for hydroxylation is 2. The molecule has 3 heteroatoms. The van der Waals surface area contributed by atoms with Crippen LogP contribution in [0.1, 0.15) is 59.8 Å². The molecule has 2 aliphatic heterocycles. The first-order chi connectivity index (χ1) is 13.1. The monoisotopic (exact) mass is 359 g/mol. The third-order valence-electron chi connectivity index (χ3n) is 6.66. The lowest BCUT2D eigenvalue weighted by atomic mass is 9.95. The molecular formula is C24H29N3. The number of hydrogen-bond acceptors (Lipinski definition) is 2. The van der Waals surface area contributed by atoms with E-state index < -0.39 is 0 Å². The zero-order chi connectivity index (χ0) is 18.5. The van der Waals surface area contributed by atoms with E-state index in [0.717, 1.165) is 12.2 Å². The lowest BCUT2D eigenvalue weighted by Gasteiger charge is -2.31. The van der Waals surface area contributed by atoms with E-state index in [2.05, 4.69) is 71.8 Å². The Balaban J connectivity index is 1.61. The molecular weight excluding hydrogens is 330 g/mol. The molecule has 4 heterocycles. The van der Waals surface area contributed by atoms with Crippen LogP contribution in [0.3, 0.4) is 0 Å². The van der Waals surface area contributed by atoms with Crippen LogP contribution in [0.5, 0.6) is 0 Å². The molecule has 27 heavy (non-hydrogen) atoms. The van der Waals surface area contributed by atoms with Gasteiger partial charge in [-0.25, -0.2) is 0 Å². The van der Waals surface area contributed by atoms with E-state index in [-0.39, 0.29) is 0 Å². The largest absolute Gasteiger partial charge is 0.344 e. The predicted molar refractivity (Wildman–Crippen MR) is 111 cm³/mol. The van der Waals surface area contributed by atoms with Gasteiger partial charge in [-0.2, -0.15) is 0 Å². The quantitative estimate of drug-likeness (QED) is 0.645. The molecule has 3 aromatic rings. The van der Waals surface area contributed by atoms with E-state index in [0.29, 0.717) is 12.0 Å². The number of hydrogen-bond donors (Lipinski definition) is 0. The molecule has 1 saturated heterocycles. The molecule has 2 aromatic heterocycles. The molecule has 5 rings (SSSR count). The van der Waals surface area contributed by atoms with Crippen LogP contribution in [-0.4, -0.2) is 27.5 Å². The average Bonchev–Trinajstić information content (AvgIpc) is 3.25. The van der Waals surface area contributed by atoms with Gasteiger partial charge in [-0.1, -0.05) is 24.6 Å². The Kier molecular flexibility index (Phi) is 4.08. The fourth-order valence-electron chi connectivity index (χ4n) is 5.22. The van der Waals surface area contributed by atoms with Crippen molar-refractivity contribution in [3.05, 3.63) is 64.6 Å². The second-order valence-corrected chi connectivity index (χ2v) is 8.57. The van der Waals surface area contributed by atoms with E-state index in [9.17, 15) is 0 Å². The van der Waals surface area contributed by atoms with Crippen molar-refractivity contribution in [1.29, 1.82) is 0 Å². The zero-order valence-electron chi connectivity index (χ0n) is 16.7. The first kappa shape index (κ1) is 17.0. The summed E-state index contributed by atoms with van der Waals surface area (Å²) < 4.78 is 2.63. The van der Waals surface area contributed by atoms with Crippen LogP contribution < -0.4 is 0 Å². The minimum Gasteiger partial charge on any atom is -0.344 e. The minimum atomic E-state index is 0.459. The van der Waals surface area contributed by atoms with E-state index in [1.165, 1.54) is 54.4 Å². The maximum atomic E-state index is 4.52. The van der Waals surface area contributed by atoms with Crippen LogP contribution in [0.25, 0.3) is 10.9 Å². The minimum absolute atomic E-state index is 0.459. The summed E-state index contributed by atoms with van der Waals surface area (Å²) in [6, 6.07) is 12.1. The molecule has 0 N–H and O–H groups in total. The molecule has 1 aromatic carbocycles. The highest BCUT2D eigenvalue weighted by molar-refractivity contribution is 5.87. The van der Waals surface area contributed by atoms with E-state index in [1.807, 2.05) is 0 Å². The van der Waals surface area contributed by atoms with Crippen molar-refractivity contribution in [2.24, 2.45) is 0 Å². The van der Waals surface area contributed by atoms with E-state index in [4.69, 9.17) is 0 Å². The Morgan fingerprint density at radius 3 is 2.85 bits per heavy atom. The Morgan fingerprint density at radius 1 is 1.15 bits per heavy atom. The van der Waals surface area contributed by atoms with Gasteiger partial charge >= 0.3 is 0 Å². The molecule has 2 atom stereocenters. The Morgan fingerprint density at radius 2 is 2.04 bits per heavy atom. The van der Waals surface area contributed by atoms with E-state index in [1.54, 1.807) is 11.3 Å². The first-order valence-electron chi connectivity index (χ1n) is 10.4. The molecule has 1 fully saturated rings. The summed E-state index contributed by atoms with van der Waals surface area (Å²) in [5, 5.41) is 1.50. The number of benzene rings is 1. The highest BCUT2D eigenvalue weighted by Crippen LogP contribution is 2.43. The summed E-state index contributed by atoms with van der Waals surface area (Å²) in [4.78, 5) is 7.23. The summed E-state index contributed by atoms with van der Waals surface area (Å²) in [7, 11) is 0. The van der Waals surface area contributed by atoms with Crippen molar-refractivity contribution in [1.82, 2.24) is 14.5 Å². The summed E-state index contributed by atoms with van der Waals surface area (Å²) in [5.41, 5.74) is 8.44. The van der Waals surface area contributed by atoms with Gasteiger partial charge < -0.3 is 4.57 Å². The van der Waals surface area contributed by atoms with E-state index >= 15 is 0 Å². The van der Waals surface area contributed by atoms with Crippen LogP contribution in [-0.2, 0) is 13.0 Å². The van der Waals surface area contributed by atoms with Gasteiger partial charge in [0, 0.05) is 60.0 Å².